The maximum Gasteiger partial charge on any atom is 0.355 e. The zero-order chi connectivity index (χ0) is 63.9. The molecule has 0 radical (unpaired) electrons. The molecule has 0 aliphatic carbocycles. The van der Waals surface area contributed by atoms with E-state index in [1.54, 1.807) is 31.4 Å². The van der Waals surface area contributed by atoms with Crippen LogP contribution in [0.4, 0.5) is 32.3 Å². The van der Waals surface area contributed by atoms with Crippen molar-refractivity contribution in [1.29, 1.82) is 0 Å². The van der Waals surface area contributed by atoms with Crippen LogP contribution in [0.2, 0.25) is 0 Å². The minimum atomic E-state index is -4.21. The number of rotatable bonds is 22. The molecule has 7 amide bonds. The molecular formula is C61H66N12O14S2. The highest BCUT2D eigenvalue weighted by Gasteiger charge is 2.52. The Balaban J connectivity index is 0.813. The van der Waals surface area contributed by atoms with Gasteiger partial charge in [0.05, 0.1) is 52.8 Å². The smallest absolute Gasteiger partial charge is 0.355 e. The second-order valence-corrected chi connectivity index (χ2v) is 24.0. The van der Waals surface area contributed by atoms with Crippen molar-refractivity contribution in [3.63, 3.8) is 0 Å². The first-order valence-electron chi connectivity index (χ1n) is 28.7. The second kappa shape index (κ2) is 27.0. The number of hydrogen-bond donors (Lipinski definition) is 10. The Labute approximate surface area is 516 Å². The fourth-order valence-corrected chi connectivity index (χ4v) is 12.2. The van der Waals surface area contributed by atoms with E-state index in [2.05, 4.69) is 41.9 Å². The zero-order valence-electron chi connectivity index (χ0n) is 48.8. The van der Waals surface area contributed by atoms with Gasteiger partial charge in [-0.1, -0.05) is 64.1 Å². The third kappa shape index (κ3) is 14.4. The van der Waals surface area contributed by atoms with Gasteiger partial charge < -0.3 is 67.0 Å². The minimum absolute atomic E-state index is 0.0631. The lowest BCUT2D eigenvalue weighted by atomic mass is 9.85. The molecule has 2 aromatic heterocycles. The first-order chi connectivity index (χ1) is 42.5. The molecule has 9 rings (SSSR count). The largest absolute Gasteiger partial charge is 0.481 e. The summed E-state index contributed by atoms with van der Waals surface area (Å²) in [6.07, 6.45) is 0.00130. The van der Waals surface area contributed by atoms with Gasteiger partial charge in [0.25, 0.3) is 15.6 Å². The molecule has 1 saturated heterocycles. The molecule has 1 unspecified atom stereocenters. The number of para-hydroxylation sites is 1. The van der Waals surface area contributed by atoms with Crippen LogP contribution < -0.4 is 53.2 Å². The van der Waals surface area contributed by atoms with Gasteiger partial charge in [-0.3, -0.25) is 28.7 Å². The Morgan fingerprint density at radius 1 is 0.831 bits per heavy atom. The summed E-state index contributed by atoms with van der Waals surface area (Å²) >= 11 is 5.55. The fourth-order valence-electron chi connectivity index (χ4n) is 10.9. The second-order valence-electron chi connectivity index (χ2n) is 21.9. The molecule has 6 aromatic rings. The highest BCUT2D eigenvalue weighted by atomic mass is 32.2. The number of urea groups is 2. The molecule has 1 fully saturated rings. The van der Waals surface area contributed by atoms with Gasteiger partial charge in [0.2, 0.25) is 23.3 Å². The molecule has 26 nitrogen and oxygen atoms in total. The van der Waals surface area contributed by atoms with E-state index < -0.39 is 112 Å². The van der Waals surface area contributed by atoms with E-state index in [1.807, 2.05) is 37.3 Å². The van der Waals surface area contributed by atoms with Crippen LogP contribution in [0.25, 0.3) is 22.3 Å². The number of thiocarbonyl (C=S) groups is 1. The molecule has 3 aliphatic heterocycles. The number of sulfonamides is 1. The van der Waals surface area contributed by atoms with Crippen molar-refractivity contribution in [2.45, 2.75) is 114 Å². The van der Waals surface area contributed by atoms with Crippen LogP contribution in [0.1, 0.15) is 94.5 Å². The molecule has 0 spiro atoms. The van der Waals surface area contributed by atoms with Gasteiger partial charge >= 0.3 is 30.0 Å². The summed E-state index contributed by atoms with van der Waals surface area (Å²) in [7, 11) is -4.21. The van der Waals surface area contributed by atoms with E-state index in [9.17, 15) is 56.7 Å². The first kappa shape index (κ1) is 63.5. The predicted octanol–water partition coefficient (Wildman–Crippen LogP) is 5.66. The predicted molar refractivity (Wildman–Crippen MR) is 331 cm³/mol. The minimum Gasteiger partial charge on any atom is -0.481 e. The van der Waals surface area contributed by atoms with Crippen LogP contribution >= 0.6 is 12.2 Å². The molecule has 0 bridgehead atoms. The summed E-state index contributed by atoms with van der Waals surface area (Å²) < 4.78 is 42.6. The molecule has 3 aliphatic rings. The van der Waals surface area contributed by atoms with E-state index in [0.717, 1.165) is 10.9 Å². The molecule has 0 saturated carbocycles. The Bertz CT molecular complexity index is 3990. The van der Waals surface area contributed by atoms with Crippen LogP contribution in [0, 0.1) is 5.92 Å². The highest BCUT2D eigenvalue weighted by molar-refractivity contribution is 7.92. The van der Waals surface area contributed by atoms with Gasteiger partial charge in [0.1, 0.15) is 24.7 Å². The lowest BCUT2D eigenvalue weighted by molar-refractivity contribution is -0.191. The van der Waals surface area contributed by atoms with Gasteiger partial charge in [-0.2, -0.15) is 0 Å². The number of benzene rings is 4. The number of primary amides is 1. The average molecular weight is 1260 g/mol. The third-order valence-corrected chi connectivity index (χ3v) is 16.9. The number of nitrogens with two attached hydrogens (primary N) is 1. The van der Waals surface area contributed by atoms with Gasteiger partial charge in [0.15, 0.2) is 5.11 Å². The van der Waals surface area contributed by atoms with Crippen LogP contribution in [0.5, 0.6) is 0 Å². The number of carbonyl (C=O) groups excluding carboxylic acids is 7. The number of carboxylic acids is 1. The number of esters is 2. The number of hydrogen-bond acceptors (Lipinski definition) is 15. The van der Waals surface area contributed by atoms with Crippen LogP contribution in [-0.4, -0.2) is 112 Å². The van der Waals surface area contributed by atoms with Crippen molar-refractivity contribution in [2.75, 3.05) is 33.8 Å². The highest BCUT2D eigenvalue weighted by Crippen LogP contribution is 2.41. The molecule has 4 aromatic carbocycles. The maximum absolute atomic E-state index is 14.4. The van der Waals surface area contributed by atoms with E-state index in [4.69, 9.17) is 32.4 Å². The summed E-state index contributed by atoms with van der Waals surface area (Å²) in [4.78, 5) is 127. The van der Waals surface area contributed by atoms with Crippen molar-refractivity contribution in [3.05, 3.63) is 142 Å². The monoisotopic (exact) mass is 1250 g/mol. The first-order valence-corrected chi connectivity index (χ1v) is 30.6. The lowest BCUT2D eigenvalue weighted by Crippen LogP contribution is -2.58. The Morgan fingerprint density at radius 3 is 2.25 bits per heavy atom. The number of amides is 7. The number of aromatic nitrogens is 2. The summed E-state index contributed by atoms with van der Waals surface area (Å²) in [6, 6.07) is 22.2. The number of pyridine rings is 2. The molecule has 11 N–H and O–H groups in total. The molecule has 28 heteroatoms. The number of anilines is 4. The number of carboxylic acid groups (broad SMARTS) is 1. The van der Waals surface area contributed by atoms with Crippen LogP contribution in [-0.2, 0) is 67.0 Å². The van der Waals surface area contributed by atoms with E-state index in [1.165, 1.54) is 77.7 Å². The molecule has 5 atom stereocenters. The summed E-state index contributed by atoms with van der Waals surface area (Å²) in [5, 5.41) is 29.5. The zero-order valence-corrected chi connectivity index (χ0v) is 50.5. The third-order valence-electron chi connectivity index (χ3n) is 15.3. The lowest BCUT2D eigenvalue weighted by Gasteiger charge is -2.37. The van der Waals surface area contributed by atoms with Crippen molar-refractivity contribution >= 4 is 109 Å². The van der Waals surface area contributed by atoms with Gasteiger partial charge in [-0.05, 0) is 122 Å². The summed E-state index contributed by atoms with van der Waals surface area (Å²) in [6.45, 7) is 7.20. The molecular weight excluding hydrogens is 1190 g/mol. The van der Waals surface area contributed by atoms with Crippen molar-refractivity contribution in [1.82, 2.24) is 35.7 Å². The number of ether oxygens (including phenoxy) is 2. The van der Waals surface area contributed by atoms with Crippen molar-refractivity contribution < 1.29 is 61.4 Å². The molecule has 5 heterocycles. The van der Waals surface area contributed by atoms with Crippen LogP contribution in [0.15, 0.2) is 119 Å². The number of fused-ring (bicyclic) bond motifs is 5. The SMILES string of the molecule is CCCNC(=O)Nc1cccc(S(=O)(=O)Nc2cccc(C(CC(=O)O)NC(=O)Nc3ccc(NC(=S)N[C@@H](CC(N)=O)C(=O)N4CCC[C@H]4C(=O)N[C@H](C(=O)O[C@]4(CC)C(=O)OCc5c4cc4n(c5=O)Cc5cc6ccccc6nc5-4)C(C)C)cc3)c2)c1. The van der Waals surface area contributed by atoms with Gasteiger partial charge in [-0.15, -0.1) is 0 Å². The van der Waals surface area contributed by atoms with Crippen molar-refractivity contribution in [3.8, 4) is 11.4 Å². The summed E-state index contributed by atoms with van der Waals surface area (Å²) in [5.41, 5.74) is 7.05. The standard InChI is InChI=1S/C61H66N12O14S2/c1-5-23-63-58(82)65-39-14-10-16-41(27-39)89(84,85)71-40-15-9-13-35(26-40)45(30-50(75)76)68-59(83)64-37-19-21-38(22-20-37)66-60(88)69-46(29-49(62)74)55(79)72-24-11-18-47(72)53(77)70-51(33(3)4)56(80)87-61(6-2)43-28-48-52-36(25-34-12-7-8-17-44(34)67-52)31-73(48)54(78)42(43)32-86-57(61)81/h7-10,12-17,19-22,25-28,33,45-47,51,71H,5-6,11,18,23-24,29-32H2,1-4H3,(H2,62,74)(H,70,77)(H,75,76)(H2,63,65,82)(H2,64,68,83)(H2,66,69,88)/t45?,46-,47-,51-,61-/m0/s1. The molecule has 466 valence electrons. The number of cyclic esters (lactones) is 1. The van der Waals surface area contributed by atoms with Crippen molar-refractivity contribution in [2.24, 2.45) is 11.7 Å². The summed E-state index contributed by atoms with van der Waals surface area (Å²) in [5.74, 6) is -6.05. The number of carbonyl (C=O) groups is 8. The fraction of sp³-hybridized carbons (Fsp3) is 0.328. The number of likely N-dealkylation sites (tertiary alicyclic amines) is 1. The number of nitrogens with one attached hydrogen (secondary N) is 8. The normalized spacial score (nSPS) is 16.7. The van der Waals surface area contributed by atoms with E-state index in [-0.39, 0.29) is 76.3 Å². The molecule has 89 heavy (non-hydrogen) atoms. The van der Waals surface area contributed by atoms with E-state index in [0.29, 0.717) is 42.0 Å². The van der Waals surface area contributed by atoms with Crippen LogP contribution in [0.3, 0.4) is 0 Å². The Morgan fingerprint density at radius 2 is 1.54 bits per heavy atom. The van der Waals surface area contributed by atoms with Gasteiger partial charge in [-0.25, -0.2) is 32.6 Å². The Hall–Kier alpha value is -9.96. The quantitative estimate of drug-likeness (QED) is 0.0289. The Kier molecular flexibility index (Phi) is 19.3. The maximum atomic E-state index is 14.4. The average Bonchev–Trinajstić information content (AvgIpc) is 1.81. The van der Waals surface area contributed by atoms with E-state index >= 15 is 0 Å². The topological polar surface area (TPSA) is 370 Å². The number of nitrogens with zero attached hydrogens (tertiary/aromatic N) is 3. The number of aliphatic carboxylic acids is 1. The van der Waals surface area contributed by atoms with Gasteiger partial charge in [0, 0.05) is 52.4 Å².